The third kappa shape index (κ3) is 1.87. The zero-order valence-electron chi connectivity index (χ0n) is 9.88. The maximum Gasteiger partial charge on any atom is 0.357 e. The number of nitrogens with zero attached hydrogens (tertiary/aromatic N) is 4. The van der Waals surface area contributed by atoms with Gasteiger partial charge in [-0.15, -0.1) is 0 Å². The number of anilines is 1. The molecule has 2 aromatic heterocycles. The first-order valence-corrected chi connectivity index (χ1v) is 5.77. The molecule has 1 saturated heterocycles. The first kappa shape index (κ1) is 12.1. The summed E-state index contributed by atoms with van der Waals surface area (Å²) in [5.74, 6) is 0.162. The number of hydrogen-bond acceptors (Lipinski definition) is 7. The van der Waals surface area contributed by atoms with Gasteiger partial charge in [0.25, 0.3) is 0 Å². The molecule has 0 radical (unpaired) electrons. The zero-order valence-corrected chi connectivity index (χ0v) is 9.88. The molecule has 3 heterocycles. The molecule has 3 rings (SSSR count). The molecule has 9 heteroatoms. The highest BCUT2D eigenvalue weighted by Gasteiger charge is 2.35. The second kappa shape index (κ2) is 4.30. The molecule has 19 heavy (non-hydrogen) atoms. The zero-order chi connectivity index (χ0) is 13.6. The first-order chi connectivity index (χ1) is 9.10. The van der Waals surface area contributed by atoms with Crippen molar-refractivity contribution in [3.8, 4) is 0 Å². The number of imidazole rings is 1. The fourth-order valence-corrected chi connectivity index (χ4v) is 2.21. The summed E-state index contributed by atoms with van der Waals surface area (Å²) >= 11 is 0. The third-order valence-electron chi connectivity index (χ3n) is 3.15. The number of aromatic nitrogens is 4. The van der Waals surface area contributed by atoms with Gasteiger partial charge in [0.2, 0.25) is 11.7 Å². The van der Waals surface area contributed by atoms with E-state index in [2.05, 4.69) is 9.97 Å². The van der Waals surface area contributed by atoms with E-state index in [9.17, 15) is 9.90 Å². The number of nitrogen functional groups attached to an aromatic ring is 1. The lowest BCUT2D eigenvalue weighted by atomic mass is 10.2. The van der Waals surface area contributed by atoms with Crippen molar-refractivity contribution in [2.75, 3.05) is 12.3 Å². The molecule has 2 aromatic rings. The summed E-state index contributed by atoms with van der Waals surface area (Å²) in [4.78, 5) is 19.1. The summed E-state index contributed by atoms with van der Waals surface area (Å²) in [7, 11) is 0. The van der Waals surface area contributed by atoms with Crippen LogP contribution in [0.2, 0.25) is 0 Å². The number of rotatable bonds is 2. The van der Waals surface area contributed by atoms with Gasteiger partial charge in [-0.25, -0.2) is 9.20 Å². The molecule has 4 N–H and O–H groups in total. The quantitative estimate of drug-likeness (QED) is 0.580. The lowest BCUT2D eigenvalue weighted by Gasteiger charge is -2.13. The van der Waals surface area contributed by atoms with E-state index in [1.807, 2.05) is 0 Å². The molecule has 0 spiro atoms. The molecule has 1 aliphatic heterocycles. The number of ether oxygens (including phenoxy) is 1. The Labute approximate surface area is 106 Å². The Hall–Kier alpha value is -1.97. The standard InChI is InChI=1S/C10H13N5O4/c11-8-12-9-14(1-2-15(9)10(18)13-8)7-3-5(17)6(4-16)19-7/h1-2,5-7,16-17H,3-4H2,(H2,11,13,18)/t5-,6+,7-/m0/s1. The van der Waals surface area contributed by atoms with Crippen LogP contribution in [0, 0.1) is 0 Å². The molecule has 0 saturated carbocycles. The van der Waals surface area contributed by atoms with Gasteiger partial charge in [-0.3, -0.25) is 4.57 Å². The largest absolute Gasteiger partial charge is 0.394 e. The van der Waals surface area contributed by atoms with Crippen LogP contribution in [-0.2, 0) is 4.74 Å². The van der Waals surface area contributed by atoms with Crippen molar-refractivity contribution in [2.45, 2.75) is 24.9 Å². The molecule has 1 aliphatic rings. The Morgan fingerprint density at radius 2 is 2.26 bits per heavy atom. The van der Waals surface area contributed by atoms with Crippen LogP contribution in [-0.4, -0.2) is 48.0 Å². The van der Waals surface area contributed by atoms with Gasteiger partial charge in [-0.05, 0) is 0 Å². The molecule has 102 valence electrons. The second-order valence-corrected chi connectivity index (χ2v) is 4.35. The minimum atomic E-state index is -0.761. The molecular weight excluding hydrogens is 254 g/mol. The van der Waals surface area contributed by atoms with Gasteiger partial charge in [0.05, 0.1) is 12.7 Å². The van der Waals surface area contributed by atoms with E-state index >= 15 is 0 Å². The molecule has 0 aromatic carbocycles. The van der Waals surface area contributed by atoms with Crippen molar-refractivity contribution < 1.29 is 14.9 Å². The number of fused-ring (bicyclic) bond motifs is 1. The number of aliphatic hydroxyl groups excluding tert-OH is 2. The van der Waals surface area contributed by atoms with Crippen molar-refractivity contribution in [1.29, 1.82) is 0 Å². The first-order valence-electron chi connectivity index (χ1n) is 5.77. The summed E-state index contributed by atoms with van der Waals surface area (Å²) < 4.78 is 8.32. The van der Waals surface area contributed by atoms with Gasteiger partial charge in [-0.1, -0.05) is 0 Å². The highest BCUT2D eigenvalue weighted by molar-refractivity contribution is 5.34. The van der Waals surface area contributed by atoms with Crippen molar-refractivity contribution in [2.24, 2.45) is 0 Å². The average molecular weight is 267 g/mol. The SMILES string of the molecule is Nc1nc(=O)n2ccn([C@@H]3C[C@H](O)[C@@H](CO)O3)c2n1. The van der Waals surface area contributed by atoms with Crippen LogP contribution in [0.4, 0.5) is 5.95 Å². The Morgan fingerprint density at radius 1 is 1.47 bits per heavy atom. The van der Waals surface area contributed by atoms with Gasteiger partial charge in [0, 0.05) is 18.8 Å². The Morgan fingerprint density at radius 3 is 2.95 bits per heavy atom. The minimum Gasteiger partial charge on any atom is -0.394 e. The van der Waals surface area contributed by atoms with Crippen molar-refractivity contribution in [3.05, 3.63) is 22.9 Å². The fourth-order valence-electron chi connectivity index (χ4n) is 2.21. The third-order valence-corrected chi connectivity index (χ3v) is 3.15. The van der Waals surface area contributed by atoms with E-state index in [1.54, 1.807) is 10.8 Å². The van der Waals surface area contributed by atoms with Gasteiger partial charge in [-0.2, -0.15) is 9.97 Å². The molecule has 0 aliphatic carbocycles. The van der Waals surface area contributed by atoms with Gasteiger partial charge in [0.1, 0.15) is 12.3 Å². The van der Waals surface area contributed by atoms with Crippen molar-refractivity contribution in [3.63, 3.8) is 0 Å². The van der Waals surface area contributed by atoms with E-state index in [0.717, 1.165) is 0 Å². The summed E-state index contributed by atoms with van der Waals surface area (Å²) in [6.45, 7) is -0.270. The van der Waals surface area contributed by atoms with Crippen LogP contribution >= 0.6 is 0 Å². The highest BCUT2D eigenvalue weighted by Crippen LogP contribution is 2.29. The number of hydrogen-bond donors (Lipinski definition) is 3. The predicted molar refractivity (Wildman–Crippen MR) is 63.3 cm³/mol. The van der Waals surface area contributed by atoms with E-state index < -0.39 is 24.1 Å². The smallest absolute Gasteiger partial charge is 0.357 e. The van der Waals surface area contributed by atoms with Gasteiger partial charge in [0.15, 0.2) is 0 Å². The number of aliphatic hydroxyl groups is 2. The average Bonchev–Trinajstić information content (AvgIpc) is 2.92. The van der Waals surface area contributed by atoms with Crippen LogP contribution in [0.3, 0.4) is 0 Å². The Kier molecular flexibility index (Phi) is 2.73. The summed E-state index contributed by atoms with van der Waals surface area (Å²) in [6.07, 6.45) is 1.49. The van der Waals surface area contributed by atoms with E-state index in [4.69, 9.17) is 15.6 Å². The fraction of sp³-hybridized carbons (Fsp3) is 0.500. The lowest BCUT2D eigenvalue weighted by molar-refractivity contribution is -0.0432. The van der Waals surface area contributed by atoms with Crippen molar-refractivity contribution >= 4 is 11.7 Å². The normalized spacial score (nSPS) is 27.2. The summed E-state index contributed by atoms with van der Waals surface area (Å²) in [5, 5.41) is 18.8. The van der Waals surface area contributed by atoms with E-state index in [0.29, 0.717) is 6.42 Å². The summed E-state index contributed by atoms with van der Waals surface area (Å²) in [5.41, 5.74) is 4.92. The van der Waals surface area contributed by atoms with Crippen LogP contribution < -0.4 is 11.4 Å². The van der Waals surface area contributed by atoms with Crippen LogP contribution in [0.25, 0.3) is 5.78 Å². The monoisotopic (exact) mass is 267 g/mol. The molecule has 0 unspecified atom stereocenters. The van der Waals surface area contributed by atoms with Crippen LogP contribution in [0.5, 0.6) is 0 Å². The maximum absolute atomic E-state index is 11.6. The van der Waals surface area contributed by atoms with Crippen molar-refractivity contribution in [1.82, 2.24) is 18.9 Å². The Bertz CT molecular complexity index is 665. The highest BCUT2D eigenvalue weighted by atomic mass is 16.5. The summed E-state index contributed by atoms with van der Waals surface area (Å²) in [6, 6.07) is 0. The lowest BCUT2D eigenvalue weighted by Crippen LogP contribution is -2.24. The van der Waals surface area contributed by atoms with Gasteiger partial charge >= 0.3 is 5.69 Å². The second-order valence-electron chi connectivity index (χ2n) is 4.35. The van der Waals surface area contributed by atoms with E-state index in [1.165, 1.54) is 10.6 Å². The molecule has 3 atom stereocenters. The molecule has 0 amide bonds. The molecule has 9 nitrogen and oxygen atoms in total. The topological polar surface area (TPSA) is 128 Å². The predicted octanol–water partition coefficient (Wildman–Crippen LogP) is -1.89. The minimum absolute atomic E-state index is 0.123. The molecule has 1 fully saturated rings. The molecule has 0 bridgehead atoms. The van der Waals surface area contributed by atoms with Gasteiger partial charge < -0.3 is 20.7 Å². The maximum atomic E-state index is 11.6. The van der Waals surface area contributed by atoms with E-state index in [-0.39, 0.29) is 18.3 Å². The molecular formula is C10H13N5O4. The van der Waals surface area contributed by atoms with Crippen LogP contribution in [0.15, 0.2) is 17.2 Å². The van der Waals surface area contributed by atoms with Crippen LogP contribution in [0.1, 0.15) is 12.6 Å². The Balaban J connectivity index is 2.05. The number of nitrogens with two attached hydrogens (primary N) is 1.